The summed E-state index contributed by atoms with van der Waals surface area (Å²) < 4.78 is 25.0. The van der Waals surface area contributed by atoms with Gasteiger partial charge in [-0.1, -0.05) is 11.6 Å². The molecule has 0 spiro atoms. The van der Waals surface area contributed by atoms with E-state index in [1.807, 2.05) is 19.9 Å². The molecule has 112 valence electrons. The fourth-order valence-electron chi connectivity index (χ4n) is 1.91. The summed E-state index contributed by atoms with van der Waals surface area (Å²) in [6.45, 7) is 3.20. The number of hydrogen-bond donors (Lipinski definition) is 2. The lowest BCUT2D eigenvalue weighted by atomic mass is 10.1. The summed E-state index contributed by atoms with van der Waals surface area (Å²) in [5.41, 5.74) is 1.83. The number of alkyl halides is 2. The zero-order valence-electron chi connectivity index (χ0n) is 11.7. The van der Waals surface area contributed by atoms with Gasteiger partial charge in [0.25, 0.3) is 12.3 Å². The number of halogens is 2. The van der Waals surface area contributed by atoms with Crippen molar-refractivity contribution < 1.29 is 18.7 Å². The summed E-state index contributed by atoms with van der Waals surface area (Å²) in [5, 5.41) is 12.0. The predicted molar refractivity (Wildman–Crippen MR) is 74.3 cm³/mol. The first-order valence-corrected chi connectivity index (χ1v) is 6.52. The molecule has 1 aromatic rings. The predicted octanol–water partition coefficient (Wildman–Crippen LogP) is 2.13. The number of nitrogens with zero attached hydrogens (tertiary/aromatic N) is 1. The Balaban J connectivity index is 3.05. The molecule has 0 aliphatic carbocycles. The fourth-order valence-corrected chi connectivity index (χ4v) is 1.91. The molecule has 0 heterocycles. The number of amides is 1. The second-order valence-electron chi connectivity index (χ2n) is 4.45. The Morgan fingerprint density at radius 1 is 1.45 bits per heavy atom. The number of aliphatic hydroxyl groups is 1. The van der Waals surface area contributed by atoms with Gasteiger partial charge in [-0.2, -0.15) is 0 Å². The minimum Gasteiger partial charge on any atom is -0.395 e. The molecule has 0 saturated heterocycles. The van der Waals surface area contributed by atoms with E-state index in [1.54, 1.807) is 12.1 Å². The van der Waals surface area contributed by atoms with Crippen LogP contribution in [-0.2, 0) is 0 Å². The van der Waals surface area contributed by atoms with Crippen molar-refractivity contribution in [3.05, 3.63) is 29.3 Å². The molecule has 1 aromatic carbocycles. The van der Waals surface area contributed by atoms with E-state index in [1.165, 1.54) is 0 Å². The molecule has 6 heteroatoms. The van der Waals surface area contributed by atoms with Gasteiger partial charge < -0.3 is 15.3 Å². The summed E-state index contributed by atoms with van der Waals surface area (Å²) in [4.78, 5) is 13.3. The van der Waals surface area contributed by atoms with Crippen LogP contribution in [-0.4, -0.2) is 48.6 Å². The van der Waals surface area contributed by atoms with Crippen molar-refractivity contribution >= 4 is 11.6 Å². The molecule has 4 nitrogen and oxygen atoms in total. The topological polar surface area (TPSA) is 52.6 Å². The molecule has 0 bridgehead atoms. The Labute approximate surface area is 117 Å². The SMILES string of the molecule is CCNc1ccc(C)cc1C(=O)N(CCO)CC(F)F. The molecule has 2 N–H and O–H groups in total. The third-order valence-corrected chi connectivity index (χ3v) is 2.79. The van der Waals surface area contributed by atoms with Crippen LogP contribution >= 0.6 is 0 Å². The number of hydrogen-bond acceptors (Lipinski definition) is 3. The summed E-state index contributed by atoms with van der Waals surface area (Å²) in [5.74, 6) is -0.501. The van der Waals surface area contributed by atoms with E-state index in [0.717, 1.165) is 10.5 Å². The van der Waals surface area contributed by atoms with Gasteiger partial charge in [0.15, 0.2) is 0 Å². The smallest absolute Gasteiger partial charge is 0.256 e. The zero-order valence-corrected chi connectivity index (χ0v) is 11.7. The molecule has 0 aliphatic rings. The van der Waals surface area contributed by atoms with Crippen LogP contribution in [0.15, 0.2) is 18.2 Å². The van der Waals surface area contributed by atoms with Crippen molar-refractivity contribution in [3.8, 4) is 0 Å². The monoisotopic (exact) mass is 286 g/mol. The lowest BCUT2D eigenvalue weighted by Gasteiger charge is -2.23. The summed E-state index contributed by atoms with van der Waals surface area (Å²) in [6.07, 6.45) is -2.63. The Morgan fingerprint density at radius 3 is 2.70 bits per heavy atom. The molecule has 0 aliphatic heterocycles. The molecule has 0 unspecified atom stereocenters. The first kappa shape index (κ1) is 16.4. The van der Waals surface area contributed by atoms with E-state index in [2.05, 4.69) is 5.32 Å². The molecular weight excluding hydrogens is 266 g/mol. The van der Waals surface area contributed by atoms with Gasteiger partial charge in [0.1, 0.15) is 0 Å². The second kappa shape index (κ2) is 7.79. The Hall–Kier alpha value is -1.69. The maximum Gasteiger partial charge on any atom is 0.256 e. The Kier molecular flexibility index (Phi) is 6.38. The van der Waals surface area contributed by atoms with Crippen molar-refractivity contribution in [2.24, 2.45) is 0 Å². The highest BCUT2D eigenvalue weighted by Gasteiger charge is 2.21. The number of carbonyl (C=O) groups is 1. The van der Waals surface area contributed by atoms with E-state index >= 15 is 0 Å². The van der Waals surface area contributed by atoms with Crippen molar-refractivity contribution in [2.45, 2.75) is 20.3 Å². The van der Waals surface area contributed by atoms with Crippen LogP contribution in [0.5, 0.6) is 0 Å². The number of benzene rings is 1. The van der Waals surface area contributed by atoms with Crippen LogP contribution in [0.2, 0.25) is 0 Å². The van der Waals surface area contributed by atoms with Gasteiger partial charge >= 0.3 is 0 Å². The average molecular weight is 286 g/mol. The molecule has 0 saturated carbocycles. The normalized spacial score (nSPS) is 10.7. The number of carbonyl (C=O) groups excluding carboxylic acids is 1. The lowest BCUT2D eigenvalue weighted by Crippen LogP contribution is -2.37. The number of rotatable bonds is 7. The molecule has 1 rings (SSSR count). The maximum absolute atomic E-state index is 12.5. The van der Waals surface area contributed by atoms with Crippen LogP contribution in [0, 0.1) is 6.92 Å². The molecule has 20 heavy (non-hydrogen) atoms. The summed E-state index contributed by atoms with van der Waals surface area (Å²) in [6, 6.07) is 5.26. The zero-order chi connectivity index (χ0) is 15.1. The molecule has 1 amide bonds. The van der Waals surface area contributed by atoms with Crippen LogP contribution in [0.1, 0.15) is 22.8 Å². The van der Waals surface area contributed by atoms with Crippen molar-refractivity contribution in [2.75, 3.05) is 31.6 Å². The molecule has 0 atom stereocenters. The van der Waals surface area contributed by atoms with E-state index in [-0.39, 0.29) is 13.2 Å². The van der Waals surface area contributed by atoms with Gasteiger partial charge in [0.2, 0.25) is 0 Å². The van der Waals surface area contributed by atoms with E-state index in [0.29, 0.717) is 17.8 Å². The third-order valence-electron chi connectivity index (χ3n) is 2.79. The number of anilines is 1. The maximum atomic E-state index is 12.5. The minimum atomic E-state index is -2.63. The van der Waals surface area contributed by atoms with E-state index < -0.39 is 18.9 Å². The van der Waals surface area contributed by atoms with Gasteiger partial charge in [-0.15, -0.1) is 0 Å². The average Bonchev–Trinajstić information content (AvgIpc) is 2.39. The highest BCUT2D eigenvalue weighted by atomic mass is 19.3. The summed E-state index contributed by atoms with van der Waals surface area (Å²) in [7, 11) is 0. The molecule has 0 aromatic heterocycles. The number of aliphatic hydroxyl groups excluding tert-OH is 1. The Bertz CT molecular complexity index is 453. The number of aryl methyl sites for hydroxylation is 1. The van der Waals surface area contributed by atoms with Crippen LogP contribution in [0.4, 0.5) is 14.5 Å². The van der Waals surface area contributed by atoms with Gasteiger partial charge in [-0.05, 0) is 26.0 Å². The lowest BCUT2D eigenvalue weighted by molar-refractivity contribution is 0.0510. The standard InChI is InChI=1S/C14H20F2N2O2/c1-3-17-12-5-4-10(2)8-11(12)14(20)18(6-7-19)9-13(15)16/h4-5,8,13,17,19H,3,6-7,9H2,1-2H3. The largest absolute Gasteiger partial charge is 0.395 e. The first-order chi connectivity index (χ1) is 9.49. The van der Waals surface area contributed by atoms with Crippen LogP contribution in [0.25, 0.3) is 0 Å². The first-order valence-electron chi connectivity index (χ1n) is 6.52. The second-order valence-corrected chi connectivity index (χ2v) is 4.45. The summed E-state index contributed by atoms with van der Waals surface area (Å²) >= 11 is 0. The van der Waals surface area contributed by atoms with Gasteiger partial charge in [-0.3, -0.25) is 4.79 Å². The molecular formula is C14H20F2N2O2. The number of nitrogens with one attached hydrogen (secondary N) is 1. The fraction of sp³-hybridized carbons (Fsp3) is 0.500. The van der Waals surface area contributed by atoms with Gasteiger partial charge in [0.05, 0.1) is 18.7 Å². The minimum absolute atomic E-state index is 0.108. The van der Waals surface area contributed by atoms with Gasteiger partial charge in [0, 0.05) is 18.8 Å². The quantitative estimate of drug-likeness (QED) is 0.807. The van der Waals surface area contributed by atoms with E-state index in [9.17, 15) is 13.6 Å². The van der Waals surface area contributed by atoms with Crippen LogP contribution in [0.3, 0.4) is 0 Å². The van der Waals surface area contributed by atoms with E-state index in [4.69, 9.17) is 5.11 Å². The van der Waals surface area contributed by atoms with Crippen molar-refractivity contribution in [1.82, 2.24) is 4.90 Å². The third kappa shape index (κ3) is 4.45. The molecule has 0 radical (unpaired) electrons. The highest BCUT2D eigenvalue weighted by Crippen LogP contribution is 2.20. The van der Waals surface area contributed by atoms with Crippen LogP contribution < -0.4 is 5.32 Å². The Morgan fingerprint density at radius 2 is 2.15 bits per heavy atom. The van der Waals surface area contributed by atoms with Gasteiger partial charge in [-0.25, -0.2) is 8.78 Å². The van der Waals surface area contributed by atoms with Crippen molar-refractivity contribution in [1.29, 1.82) is 0 Å². The molecule has 0 fully saturated rings. The highest BCUT2D eigenvalue weighted by molar-refractivity contribution is 5.99. The van der Waals surface area contributed by atoms with Crippen molar-refractivity contribution in [3.63, 3.8) is 0 Å².